The van der Waals surface area contributed by atoms with E-state index < -0.39 is 47.9 Å². The van der Waals surface area contributed by atoms with Crippen LogP contribution in [0, 0.1) is 20.8 Å². The molecule has 0 atom stereocenters. The van der Waals surface area contributed by atoms with Crippen LogP contribution < -0.4 is 0 Å². The molecule has 0 bridgehead atoms. The summed E-state index contributed by atoms with van der Waals surface area (Å²) >= 11 is -1.67. The number of hydrogen-bond donors (Lipinski definition) is 0. The Kier molecular flexibility index (Phi) is 7.63. The molecule has 0 saturated heterocycles. The van der Waals surface area contributed by atoms with E-state index in [1.165, 1.54) is 72.8 Å². The molecule has 0 fully saturated rings. The van der Waals surface area contributed by atoms with E-state index in [9.17, 15) is 25.3 Å². The monoisotopic (exact) mass is 638 g/mol. The van der Waals surface area contributed by atoms with Crippen molar-refractivity contribution in [2.75, 3.05) is 0 Å². The first kappa shape index (κ1) is 26.5. The van der Waals surface area contributed by atoms with Gasteiger partial charge in [0.2, 0.25) is 0 Å². The van der Waals surface area contributed by atoms with Gasteiger partial charge in [0.1, 0.15) is 0 Å². The fourth-order valence-corrected chi connectivity index (χ4v) is 45.7. The fourth-order valence-electron chi connectivity index (χ4n) is 3.08. The summed E-state index contributed by atoms with van der Waals surface area (Å²) in [6.07, 6.45) is 0. The predicted molar refractivity (Wildman–Crippen MR) is 129 cm³/mol. The van der Waals surface area contributed by atoms with E-state index in [4.69, 9.17) is 9.53 Å². The Morgan fingerprint density at radius 1 is 0.515 bits per heavy atom. The predicted octanol–water partition coefficient (Wildman–Crippen LogP) is 4.98. The molecule has 0 spiro atoms. The molecule has 0 unspecified atom stereocenters. The summed E-state index contributed by atoms with van der Waals surface area (Å²) < 4.78 is 78.5. The maximum absolute atomic E-state index is 14.0. The van der Waals surface area contributed by atoms with E-state index in [1.54, 1.807) is 20.8 Å². The Bertz CT molecular complexity index is 1300. The van der Waals surface area contributed by atoms with E-state index >= 15 is 0 Å². The fraction of sp³-hybridized carbons (Fsp3) is 0.143. The molecule has 3 aromatic carbocycles. The van der Waals surface area contributed by atoms with Crippen LogP contribution >= 0.6 is 12.6 Å². The molecule has 0 radical (unpaired) electrons. The zero-order valence-electron chi connectivity index (χ0n) is 17.8. The van der Waals surface area contributed by atoms with Crippen LogP contribution in [-0.2, 0) is 44.8 Å². The second kappa shape index (κ2) is 9.50. The first-order chi connectivity index (χ1) is 15.3. The zero-order valence-corrected chi connectivity index (χ0v) is 23.6. The van der Waals surface area contributed by atoms with Crippen molar-refractivity contribution in [1.29, 1.82) is 0 Å². The van der Waals surface area contributed by atoms with Crippen molar-refractivity contribution in [2.45, 2.75) is 35.5 Å². The average molecular weight is 639 g/mol. The number of benzene rings is 3. The molecule has 0 aliphatic carbocycles. The average Bonchev–Trinajstić information content (AvgIpc) is 2.75. The van der Waals surface area contributed by atoms with Crippen LogP contribution in [0.15, 0.2) is 87.5 Å². The standard InChI is InChI=1S/C21H21O6PS3.ClH.Pd/c1-16-4-10-19(11-5-16)29(22,23)28(30(24,25)20-12-6-17(2)7-13-20)31(26,27)21-14-8-18(3)9-15-21;;/h4-15H,1-3H3;1H;. The Balaban J connectivity index is 2.47. The molecule has 0 aliphatic rings. The molecular weight excluding hydrogens is 617 g/mol. The van der Waals surface area contributed by atoms with Crippen molar-refractivity contribution < 1.29 is 41.7 Å². The van der Waals surface area contributed by atoms with Crippen molar-refractivity contribution in [3.8, 4) is 0 Å². The Labute approximate surface area is 206 Å². The molecule has 12 heteroatoms. The van der Waals surface area contributed by atoms with Crippen LogP contribution in [0.25, 0.3) is 0 Å². The van der Waals surface area contributed by atoms with Gasteiger partial charge in [-0.05, 0) is 0 Å². The first-order valence-electron chi connectivity index (χ1n) is 9.47. The van der Waals surface area contributed by atoms with E-state index in [2.05, 4.69) is 0 Å². The number of aryl methyl sites for hydroxylation is 3. The molecule has 0 aromatic heterocycles. The summed E-state index contributed by atoms with van der Waals surface area (Å²) in [5.41, 5.74) is 2.21. The quantitative estimate of drug-likeness (QED) is 0.267. The van der Waals surface area contributed by atoms with Crippen LogP contribution in [0.4, 0.5) is 0 Å². The van der Waals surface area contributed by atoms with Gasteiger partial charge >= 0.3 is 208 Å². The third kappa shape index (κ3) is 4.36. The second-order valence-corrected chi connectivity index (χ2v) is 36.5. The topological polar surface area (TPSA) is 102 Å². The van der Waals surface area contributed by atoms with Gasteiger partial charge in [-0.15, -0.1) is 0 Å². The molecule has 0 amide bonds. The maximum atomic E-state index is 14.0. The molecule has 33 heavy (non-hydrogen) atoms. The van der Waals surface area contributed by atoms with Crippen molar-refractivity contribution in [3.63, 3.8) is 0 Å². The minimum atomic E-state index is -5.49. The van der Waals surface area contributed by atoms with E-state index in [1.807, 2.05) is 0 Å². The SMILES string of the molecule is Cc1ccc(S(=O)(=O)[PH]([Pd][Cl])(S(=O)(=O)c2ccc(C)cc2)S(=O)(=O)c2ccc(C)cc2)cc1. The molecule has 3 aromatic rings. The van der Waals surface area contributed by atoms with Gasteiger partial charge < -0.3 is 0 Å². The van der Waals surface area contributed by atoms with Gasteiger partial charge in [0.15, 0.2) is 0 Å². The van der Waals surface area contributed by atoms with Crippen LogP contribution in [0.1, 0.15) is 16.7 Å². The molecule has 6 nitrogen and oxygen atoms in total. The number of hydrogen-bond acceptors (Lipinski definition) is 6. The Morgan fingerprint density at radius 2 is 0.727 bits per heavy atom. The number of rotatable bonds is 7. The molecule has 0 aliphatic heterocycles. The number of halogens is 1. The summed E-state index contributed by atoms with van der Waals surface area (Å²) in [6.45, 7) is 5.20. The second-order valence-electron chi connectivity index (χ2n) is 7.45. The van der Waals surface area contributed by atoms with Gasteiger partial charge in [0.05, 0.1) is 0 Å². The van der Waals surface area contributed by atoms with Gasteiger partial charge in [-0.1, -0.05) is 0 Å². The summed E-state index contributed by atoms with van der Waals surface area (Å²) in [5.74, 6) is 0. The van der Waals surface area contributed by atoms with E-state index in [-0.39, 0.29) is 14.7 Å². The van der Waals surface area contributed by atoms with Gasteiger partial charge in [0, 0.05) is 0 Å². The summed E-state index contributed by atoms with van der Waals surface area (Å²) in [4.78, 5) is -1.15. The molecule has 0 heterocycles. The summed E-state index contributed by atoms with van der Waals surface area (Å²) in [7, 11) is -8.53. The molecule has 3 rings (SSSR count). The molecule has 0 N–H and O–H groups in total. The Morgan fingerprint density at radius 3 is 0.909 bits per heavy atom. The summed E-state index contributed by atoms with van der Waals surface area (Å²) in [5, 5.41) is 0. The van der Waals surface area contributed by atoms with Crippen molar-refractivity contribution in [1.82, 2.24) is 0 Å². The van der Waals surface area contributed by atoms with Crippen molar-refractivity contribution in [2.24, 2.45) is 0 Å². The molecular formula is C21H22ClO6PPdS3. The molecule has 182 valence electrons. The normalized spacial score (nSPS) is 13.7. The zero-order chi connectivity index (χ0) is 24.7. The van der Waals surface area contributed by atoms with Gasteiger partial charge in [-0.3, -0.25) is 0 Å². The Hall–Kier alpha value is -1.11. The van der Waals surface area contributed by atoms with Crippen LogP contribution in [0.5, 0.6) is 0 Å². The third-order valence-corrected chi connectivity index (χ3v) is 51.8. The minimum absolute atomic E-state index is 0.384. The van der Waals surface area contributed by atoms with Crippen LogP contribution in [0.3, 0.4) is 0 Å². The van der Waals surface area contributed by atoms with Gasteiger partial charge in [0.25, 0.3) is 0 Å². The molecule has 0 saturated carbocycles. The van der Waals surface area contributed by atoms with Crippen molar-refractivity contribution in [3.05, 3.63) is 89.5 Å². The van der Waals surface area contributed by atoms with E-state index in [0.717, 1.165) is 16.7 Å². The van der Waals surface area contributed by atoms with Crippen LogP contribution in [-0.4, -0.2) is 25.3 Å². The third-order valence-electron chi connectivity index (χ3n) is 4.98. The van der Waals surface area contributed by atoms with Gasteiger partial charge in [-0.25, -0.2) is 0 Å². The first-order valence-corrected chi connectivity index (χ1v) is 22.2. The summed E-state index contributed by atoms with van der Waals surface area (Å²) in [6, 6.07) is 16.3. The van der Waals surface area contributed by atoms with Gasteiger partial charge in [-0.2, -0.15) is 0 Å². The van der Waals surface area contributed by atoms with Crippen molar-refractivity contribution >= 4 is 41.0 Å². The van der Waals surface area contributed by atoms with E-state index in [0.29, 0.717) is 0 Å². The van der Waals surface area contributed by atoms with Crippen LogP contribution in [0.2, 0.25) is 0 Å².